The van der Waals surface area contributed by atoms with Crippen molar-refractivity contribution in [2.45, 2.75) is 41.5 Å². The number of hydrogen-bond acceptors (Lipinski definition) is 2. The fourth-order valence-electron chi connectivity index (χ4n) is 0.589. The predicted octanol–water partition coefficient (Wildman–Crippen LogP) is 3.15. The van der Waals surface area contributed by atoms with Crippen LogP contribution >= 0.6 is 0 Å². The third-order valence-corrected chi connectivity index (χ3v) is 0.875. The van der Waals surface area contributed by atoms with Gasteiger partial charge in [0.1, 0.15) is 0 Å². The average Bonchev–Trinajstić information content (AvgIpc) is 2.11. The topological polar surface area (TPSA) is 25.8 Å². The van der Waals surface area contributed by atoms with Gasteiger partial charge in [-0.15, -0.1) is 0 Å². The second-order valence-electron chi connectivity index (χ2n) is 1.80. The molecular formula is C10H20N2. The van der Waals surface area contributed by atoms with Gasteiger partial charge in [0.15, 0.2) is 0 Å². The molecule has 0 atom stereocenters. The highest BCUT2D eigenvalue weighted by Crippen LogP contribution is 1.89. The zero-order chi connectivity index (χ0) is 9.98. The first-order valence-electron chi connectivity index (χ1n) is 4.54. The molecule has 0 aliphatic heterocycles. The van der Waals surface area contributed by atoms with E-state index in [1.54, 1.807) is 12.4 Å². The molecule has 0 aliphatic carbocycles. The van der Waals surface area contributed by atoms with E-state index in [1.807, 2.05) is 41.5 Å². The highest BCUT2D eigenvalue weighted by Gasteiger charge is 1.83. The molecule has 2 nitrogen and oxygen atoms in total. The maximum absolute atomic E-state index is 4.11. The van der Waals surface area contributed by atoms with E-state index in [9.17, 15) is 0 Å². The van der Waals surface area contributed by atoms with Gasteiger partial charge in [0.25, 0.3) is 0 Å². The fourth-order valence-corrected chi connectivity index (χ4v) is 0.589. The van der Waals surface area contributed by atoms with Crippen molar-refractivity contribution < 1.29 is 0 Å². The van der Waals surface area contributed by atoms with E-state index < -0.39 is 0 Å². The van der Waals surface area contributed by atoms with Gasteiger partial charge in [-0.2, -0.15) is 0 Å². The van der Waals surface area contributed by atoms with Crippen LogP contribution in [-0.2, 0) is 0 Å². The van der Waals surface area contributed by atoms with Gasteiger partial charge in [0, 0.05) is 12.4 Å². The molecule has 1 aromatic rings. The van der Waals surface area contributed by atoms with Gasteiger partial charge >= 0.3 is 0 Å². The summed E-state index contributed by atoms with van der Waals surface area (Å²) in [5.41, 5.74) is 1.95. The van der Waals surface area contributed by atoms with Crippen molar-refractivity contribution in [2.24, 2.45) is 0 Å². The van der Waals surface area contributed by atoms with Gasteiger partial charge < -0.3 is 0 Å². The van der Waals surface area contributed by atoms with Crippen molar-refractivity contribution in [2.75, 3.05) is 0 Å². The molecule has 1 heterocycles. The molecule has 1 rings (SSSR count). The Kier molecular flexibility index (Phi) is 11.5. The summed E-state index contributed by atoms with van der Waals surface area (Å²) >= 11 is 0. The van der Waals surface area contributed by atoms with Crippen LogP contribution in [0.3, 0.4) is 0 Å². The smallest absolute Gasteiger partial charge is 0.0558 e. The number of aryl methyl sites for hydroxylation is 2. The summed E-state index contributed by atoms with van der Waals surface area (Å²) in [5.74, 6) is 0. The summed E-state index contributed by atoms with van der Waals surface area (Å²) in [7, 11) is 0. The lowest BCUT2D eigenvalue weighted by molar-refractivity contribution is 1.05. The molecule has 1 aromatic heterocycles. The summed E-state index contributed by atoms with van der Waals surface area (Å²) in [6.07, 6.45) is 3.49. The van der Waals surface area contributed by atoms with Crippen molar-refractivity contribution in [3.63, 3.8) is 0 Å². The van der Waals surface area contributed by atoms with Crippen LogP contribution in [0.15, 0.2) is 12.4 Å². The largest absolute Gasteiger partial charge is 0.261 e. The third kappa shape index (κ3) is 7.19. The van der Waals surface area contributed by atoms with E-state index in [4.69, 9.17) is 0 Å². The van der Waals surface area contributed by atoms with Gasteiger partial charge in [-0.05, 0) is 13.8 Å². The summed E-state index contributed by atoms with van der Waals surface area (Å²) in [6, 6.07) is 0. The van der Waals surface area contributed by atoms with Gasteiger partial charge in [-0.25, -0.2) is 0 Å². The van der Waals surface area contributed by atoms with Crippen LogP contribution in [0.25, 0.3) is 0 Å². The van der Waals surface area contributed by atoms with E-state index in [1.165, 1.54) is 0 Å². The second-order valence-corrected chi connectivity index (χ2v) is 1.80. The zero-order valence-corrected chi connectivity index (χ0v) is 9.05. The number of aromatic nitrogens is 2. The Hall–Kier alpha value is -0.920. The molecule has 0 aromatic carbocycles. The average molecular weight is 168 g/mol. The number of rotatable bonds is 0. The summed E-state index contributed by atoms with van der Waals surface area (Å²) in [6.45, 7) is 11.9. The van der Waals surface area contributed by atoms with Gasteiger partial charge in [-0.3, -0.25) is 9.97 Å². The Balaban J connectivity index is 0. The Bertz CT molecular complexity index is 168. The molecule has 0 amide bonds. The maximum Gasteiger partial charge on any atom is 0.0558 e. The molecule has 2 heteroatoms. The molecule has 0 aliphatic rings. The molecule has 12 heavy (non-hydrogen) atoms. The molecule has 70 valence electrons. The van der Waals surface area contributed by atoms with Crippen LogP contribution in [0.2, 0.25) is 0 Å². The zero-order valence-electron chi connectivity index (χ0n) is 9.05. The first-order chi connectivity index (χ1) is 5.79. The quantitative estimate of drug-likeness (QED) is 0.594. The first kappa shape index (κ1) is 13.7. The van der Waals surface area contributed by atoms with E-state index in [0.29, 0.717) is 0 Å². The number of hydrogen-bond donors (Lipinski definition) is 0. The van der Waals surface area contributed by atoms with Crippen molar-refractivity contribution in [3.05, 3.63) is 23.8 Å². The molecule has 0 bridgehead atoms. The molecule has 0 saturated heterocycles. The highest BCUT2D eigenvalue weighted by molar-refractivity contribution is 4.98. The third-order valence-electron chi connectivity index (χ3n) is 0.875. The van der Waals surface area contributed by atoms with E-state index in [0.717, 1.165) is 11.4 Å². The molecular weight excluding hydrogens is 148 g/mol. The lowest BCUT2D eigenvalue weighted by Crippen LogP contribution is -1.85. The van der Waals surface area contributed by atoms with E-state index in [-0.39, 0.29) is 0 Å². The van der Waals surface area contributed by atoms with E-state index in [2.05, 4.69) is 9.97 Å². The minimum atomic E-state index is 0.977. The predicted molar refractivity (Wildman–Crippen MR) is 54.2 cm³/mol. The summed E-state index contributed by atoms with van der Waals surface area (Å²) < 4.78 is 0. The lowest BCUT2D eigenvalue weighted by Gasteiger charge is -1.89. The summed E-state index contributed by atoms with van der Waals surface area (Å²) in [5, 5.41) is 0. The normalized spacial score (nSPS) is 7.17. The highest BCUT2D eigenvalue weighted by atomic mass is 14.8. The monoisotopic (exact) mass is 168 g/mol. The first-order valence-corrected chi connectivity index (χ1v) is 4.54. The molecule has 0 spiro atoms. The SMILES string of the molecule is CC.CC.Cc1cncc(C)n1. The van der Waals surface area contributed by atoms with Crippen molar-refractivity contribution >= 4 is 0 Å². The maximum atomic E-state index is 4.11. The van der Waals surface area contributed by atoms with Crippen LogP contribution in [0.4, 0.5) is 0 Å². The van der Waals surface area contributed by atoms with Gasteiger partial charge in [-0.1, -0.05) is 27.7 Å². The Labute approximate surface area is 76.1 Å². The molecule has 0 radical (unpaired) electrons. The fraction of sp³-hybridized carbons (Fsp3) is 0.600. The number of nitrogens with zero attached hydrogens (tertiary/aromatic N) is 2. The molecule has 0 fully saturated rings. The molecule has 0 unspecified atom stereocenters. The molecule has 0 N–H and O–H groups in total. The van der Waals surface area contributed by atoms with Crippen molar-refractivity contribution in [1.82, 2.24) is 9.97 Å². The Morgan fingerprint density at radius 2 is 1.17 bits per heavy atom. The molecule has 0 saturated carbocycles. The Morgan fingerprint density at radius 1 is 0.833 bits per heavy atom. The minimum absolute atomic E-state index is 0.977. The van der Waals surface area contributed by atoms with Gasteiger partial charge in [0.2, 0.25) is 0 Å². The van der Waals surface area contributed by atoms with Crippen molar-refractivity contribution in [1.29, 1.82) is 0 Å². The van der Waals surface area contributed by atoms with E-state index >= 15 is 0 Å². The van der Waals surface area contributed by atoms with Crippen LogP contribution < -0.4 is 0 Å². The summed E-state index contributed by atoms with van der Waals surface area (Å²) in [4.78, 5) is 8.03. The van der Waals surface area contributed by atoms with Crippen molar-refractivity contribution in [3.8, 4) is 0 Å². The standard InChI is InChI=1S/C6H8N2.2C2H6/c1-5-3-7-4-6(2)8-5;2*1-2/h3-4H,1-2H3;2*1-2H3. The minimum Gasteiger partial charge on any atom is -0.261 e. The van der Waals surface area contributed by atoms with Gasteiger partial charge in [0.05, 0.1) is 11.4 Å². The Morgan fingerprint density at radius 3 is 1.33 bits per heavy atom. The van der Waals surface area contributed by atoms with Crippen LogP contribution in [0.1, 0.15) is 39.1 Å². The van der Waals surface area contributed by atoms with Crippen LogP contribution in [0.5, 0.6) is 0 Å². The second kappa shape index (κ2) is 10.1. The lowest BCUT2D eigenvalue weighted by atomic mass is 10.4. The van der Waals surface area contributed by atoms with Crippen LogP contribution in [0, 0.1) is 13.8 Å². The van der Waals surface area contributed by atoms with Crippen LogP contribution in [-0.4, -0.2) is 9.97 Å².